The van der Waals surface area contributed by atoms with E-state index in [0.717, 1.165) is 0 Å². The van der Waals surface area contributed by atoms with Crippen LogP contribution < -0.4 is 10.9 Å². The molecule has 0 aliphatic carbocycles. The minimum atomic E-state index is -1.36. The summed E-state index contributed by atoms with van der Waals surface area (Å²) in [5.74, 6) is -0.342. The predicted octanol–water partition coefficient (Wildman–Crippen LogP) is -2.31. The van der Waals surface area contributed by atoms with Gasteiger partial charge in [-0.25, -0.2) is 10.1 Å². The van der Waals surface area contributed by atoms with Gasteiger partial charge in [-0.15, -0.1) is 0 Å². The average Bonchev–Trinajstić information content (AvgIpc) is 3.06. The van der Waals surface area contributed by atoms with Crippen molar-refractivity contribution in [3.05, 3.63) is 16.7 Å². The highest BCUT2D eigenvalue weighted by Crippen LogP contribution is 2.31. The highest BCUT2D eigenvalue weighted by molar-refractivity contribution is 5.96. The number of nitrogens with zero attached hydrogens (tertiary/aromatic N) is 3. The van der Waals surface area contributed by atoms with E-state index in [0.29, 0.717) is 0 Å². The molecule has 1 aliphatic heterocycles. The van der Waals surface area contributed by atoms with Gasteiger partial charge >= 0.3 is 0 Å². The van der Waals surface area contributed by atoms with Crippen LogP contribution >= 0.6 is 0 Å². The SMILES string of the molecule is CC(=O)Nc1n[nH]c(=O)c2c1ncn2[C@@H]1O[C@H](CO)[C@@H](O)[C@H]1O. The molecule has 3 heterocycles. The Balaban J connectivity index is 2.10. The fraction of sp³-hybridized carbons (Fsp3) is 0.500. The minimum Gasteiger partial charge on any atom is -0.394 e. The number of nitrogens with one attached hydrogen (secondary N) is 2. The van der Waals surface area contributed by atoms with Gasteiger partial charge in [-0.05, 0) is 0 Å². The second-order valence-corrected chi connectivity index (χ2v) is 5.16. The number of aliphatic hydroxyl groups is 3. The molecule has 0 unspecified atom stereocenters. The molecule has 11 heteroatoms. The number of aromatic nitrogens is 4. The molecule has 1 aliphatic rings. The summed E-state index contributed by atoms with van der Waals surface area (Å²) in [4.78, 5) is 27.3. The van der Waals surface area contributed by atoms with E-state index in [-0.39, 0.29) is 16.9 Å². The maximum Gasteiger partial charge on any atom is 0.290 e. The Labute approximate surface area is 128 Å². The number of ether oxygens (including phenoxy) is 1. The van der Waals surface area contributed by atoms with Gasteiger partial charge in [0.25, 0.3) is 5.56 Å². The van der Waals surface area contributed by atoms with Crippen molar-refractivity contribution >= 4 is 22.8 Å². The van der Waals surface area contributed by atoms with E-state index in [1.165, 1.54) is 17.8 Å². The summed E-state index contributed by atoms with van der Waals surface area (Å²) in [5.41, 5.74) is -0.482. The summed E-state index contributed by atoms with van der Waals surface area (Å²) in [5, 5.41) is 37.4. The van der Waals surface area contributed by atoms with E-state index in [4.69, 9.17) is 9.84 Å². The van der Waals surface area contributed by atoms with Gasteiger partial charge in [0, 0.05) is 6.92 Å². The zero-order valence-electron chi connectivity index (χ0n) is 12.0. The number of carbonyl (C=O) groups is 1. The molecule has 0 saturated carbocycles. The summed E-state index contributed by atoms with van der Waals surface area (Å²) in [6.45, 7) is 0.790. The van der Waals surface area contributed by atoms with Crippen molar-refractivity contribution < 1.29 is 24.9 Å². The first kappa shape index (κ1) is 15.6. The van der Waals surface area contributed by atoms with Gasteiger partial charge in [0.1, 0.15) is 29.3 Å². The van der Waals surface area contributed by atoms with Gasteiger partial charge in [0.15, 0.2) is 12.0 Å². The number of rotatable bonds is 3. The van der Waals surface area contributed by atoms with Crippen LogP contribution in [0.15, 0.2) is 11.1 Å². The van der Waals surface area contributed by atoms with Gasteiger partial charge < -0.3 is 25.4 Å². The minimum absolute atomic E-state index is 0.0126. The molecule has 0 radical (unpaired) electrons. The molecule has 2 aromatic heterocycles. The van der Waals surface area contributed by atoms with E-state index in [2.05, 4.69) is 20.5 Å². The molecule has 5 N–H and O–H groups in total. The molecule has 4 atom stereocenters. The van der Waals surface area contributed by atoms with Crippen LogP contribution in [0.4, 0.5) is 5.82 Å². The Bertz CT molecular complexity index is 801. The van der Waals surface area contributed by atoms with Crippen LogP contribution in [-0.2, 0) is 9.53 Å². The van der Waals surface area contributed by atoms with Crippen LogP contribution in [-0.4, -0.2) is 65.9 Å². The molecule has 23 heavy (non-hydrogen) atoms. The second kappa shape index (κ2) is 5.70. The van der Waals surface area contributed by atoms with Crippen molar-refractivity contribution in [2.45, 2.75) is 31.5 Å². The van der Waals surface area contributed by atoms with E-state index >= 15 is 0 Å². The number of fused-ring (bicyclic) bond motifs is 1. The molecule has 0 spiro atoms. The molecule has 3 rings (SSSR count). The molecule has 2 aromatic rings. The lowest BCUT2D eigenvalue weighted by Gasteiger charge is -2.16. The van der Waals surface area contributed by atoms with Crippen molar-refractivity contribution in [3.8, 4) is 0 Å². The van der Waals surface area contributed by atoms with E-state index in [1.54, 1.807) is 0 Å². The van der Waals surface area contributed by atoms with Gasteiger partial charge in [-0.2, -0.15) is 5.10 Å². The standard InChI is InChI=1S/C12H15N5O6/c1-4(19)14-10-6-7(11(22)16-15-10)17(3-13-6)12-9(21)8(20)5(2-18)23-12/h3,5,8-9,12,18,20-21H,2H2,1H3,(H,16,22)(H,14,15,19)/t5-,8-,9-,12-/m1/s1. The van der Waals surface area contributed by atoms with Crippen LogP contribution in [0.2, 0.25) is 0 Å². The summed E-state index contributed by atoms with van der Waals surface area (Å²) in [6, 6.07) is 0. The molecule has 1 fully saturated rings. The monoisotopic (exact) mass is 325 g/mol. The predicted molar refractivity (Wildman–Crippen MR) is 75.5 cm³/mol. The largest absolute Gasteiger partial charge is 0.394 e. The number of carbonyl (C=O) groups excluding carboxylic acids is 1. The van der Waals surface area contributed by atoms with Gasteiger partial charge in [-0.1, -0.05) is 0 Å². The first-order valence-electron chi connectivity index (χ1n) is 6.79. The van der Waals surface area contributed by atoms with Crippen molar-refractivity contribution in [1.82, 2.24) is 19.7 Å². The molecular formula is C12H15N5O6. The quantitative estimate of drug-likeness (QED) is 0.420. The molecular weight excluding hydrogens is 310 g/mol. The smallest absolute Gasteiger partial charge is 0.290 e. The Morgan fingerprint density at radius 1 is 1.48 bits per heavy atom. The Morgan fingerprint density at radius 3 is 2.83 bits per heavy atom. The number of anilines is 1. The van der Waals surface area contributed by atoms with Crippen molar-refractivity contribution in [1.29, 1.82) is 0 Å². The molecule has 1 amide bonds. The lowest BCUT2D eigenvalue weighted by atomic mass is 10.1. The van der Waals surface area contributed by atoms with Gasteiger partial charge in [-0.3, -0.25) is 14.2 Å². The average molecular weight is 325 g/mol. The number of aliphatic hydroxyl groups excluding tert-OH is 3. The third kappa shape index (κ3) is 2.49. The molecule has 0 bridgehead atoms. The van der Waals surface area contributed by atoms with Crippen molar-refractivity contribution in [3.63, 3.8) is 0 Å². The first-order valence-corrected chi connectivity index (χ1v) is 6.79. The Hall–Kier alpha value is -2.34. The van der Waals surface area contributed by atoms with Crippen molar-refractivity contribution in [2.24, 2.45) is 0 Å². The van der Waals surface area contributed by atoms with Crippen LogP contribution in [0, 0.1) is 0 Å². The summed E-state index contributed by atoms with van der Waals surface area (Å²) in [7, 11) is 0. The van der Waals surface area contributed by atoms with Crippen LogP contribution in [0.1, 0.15) is 13.2 Å². The highest BCUT2D eigenvalue weighted by Gasteiger charge is 2.44. The van der Waals surface area contributed by atoms with E-state index in [9.17, 15) is 19.8 Å². The van der Waals surface area contributed by atoms with E-state index in [1.807, 2.05) is 0 Å². The number of H-pyrrole nitrogens is 1. The Kier molecular flexibility index (Phi) is 3.85. The fourth-order valence-electron chi connectivity index (χ4n) is 2.53. The number of hydrogen-bond acceptors (Lipinski definition) is 8. The number of amides is 1. The molecule has 0 aromatic carbocycles. The normalized spacial score (nSPS) is 27.5. The third-order valence-corrected chi connectivity index (χ3v) is 3.59. The molecule has 124 valence electrons. The highest BCUT2D eigenvalue weighted by atomic mass is 16.6. The number of hydrogen-bond donors (Lipinski definition) is 5. The number of aromatic amines is 1. The zero-order valence-corrected chi connectivity index (χ0v) is 12.0. The third-order valence-electron chi connectivity index (χ3n) is 3.59. The lowest BCUT2D eigenvalue weighted by Crippen LogP contribution is -2.33. The van der Waals surface area contributed by atoms with Crippen molar-refractivity contribution in [2.75, 3.05) is 11.9 Å². The van der Waals surface area contributed by atoms with Gasteiger partial charge in [0.05, 0.1) is 12.9 Å². The maximum absolute atomic E-state index is 12.1. The topological polar surface area (TPSA) is 163 Å². The summed E-state index contributed by atoms with van der Waals surface area (Å²) >= 11 is 0. The maximum atomic E-state index is 12.1. The fourth-order valence-corrected chi connectivity index (χ4v) is 2.53. The zero-order chi connectivity index (χ0) is 16.7. The molecule has 11 nitrogen and oxygen atoms in total. The lowest BCUT2D eigenvalue weighted by molar-refractivity contribution is -0.114. The molecule has 1 saturated heterocycles. The van der Waals surface area contributed by atoms with Gasteiger partial charge in [0.2, 0.25) is 5.91 Å². The van der Waals surface area contributed by atoms with E-state index < -0.39 is 42.6 Å². The summed E-state index contributed by atoms with van der Waals surface area (Å²) in [6.07, 6.45) is -3.53. The van der Waals surface area contributed by atoms with Crippen LogP contribution in [0.3, 0.4) is 0 Å². The number of imidazole rings is 1. The Morgan fingerprint density at radius 2 is 2.22 bits per heavy atom. The second-order valence-electron chi connectivity index (χ2n) is 5.16. The summed E-state index contributed by atoms with van der Waals surface area (Å²) < 4.78 is 6.60. The van der Waals surface area contributed by atoms with Crippen LogP contribution in [0.25, 0.3) is 11.0 Å². The van der Waals surface area contributed by atoms with Crippen LogP contribution in [0.5, 0.6) is 0 Å². The first-order chi connectivity index (χ1) is 10.9.